The summed E-state index contributed by atoms with van der Waals surface area (Å²) >= 11 is 3.31. The van der Waals surface area contributed by atoms with Crippen LogP contribution in [0.2, 0.25) is 0 Å². The van der Waals surface area contributed by atoms with E-state index in [2.05, 4.69) is 21.2 Å². The van der Waals surface area contributed by atoms with Gasteiger partial charge in [-0.3, -0.25) is 4.79 Å². The Bertz CT molecular complexity index is 856. The van der Waals surface area contributed by atoms with Crippen molar-refractivity contribution in [3.05, 3.63) is 28.7 Å². The van der Waals surface area contributed by atoms with Gasteiger partial charge in [-0.15, -0.1) is 0 Å². The number of hydrogen-bond acceptors (Lipinski definition) is 6. The fraction of sp³-hybridized carbons (Fsp3) is 0.611. The highest BCUT2D eigenvalue weighted by Gasteiger charge is 2.60. The lowest BCUT2D eigenvalue weighted by Crippen LogP contribution is -2.65. The molecule has 10 heteroatoms. The maximum atomic E-state index is 13.2. The number of nitrogens with zero attached hydrogens (tertiary/aromatic N) is 2. The number of piperazine rings is 1. The zero-order valence-electron chi connectivity index (χ0n) is 15.7. The second-order valence-electron chi connectivity index (χ2n) is 7.62. The van der Waals surface area contributed by atoms with Crippen LogP contribution < -0.4 is 5.32 Å². The van der Waals surface area contributed by atoms with Crippen molar-refractivity contribution in [2.75, 3.05) is 46.4 Å². The number of piperidine rings is 1. The van der Waals surface area contributed by atoms with Gasteiger partial charge >= 0.3 is 0 Å². The fourth-order valence-corrected chi connectivity index (χ4v) is 6.06. The van der Waals surface area contributed by atoms with Crippen LogP contribution in [0.3, 0.4) is 0 Å². The summed E-state index contributed by atoms with van der Waals surface area (Å²) in [6.07, 6.45) is 1.56. The molecule has 4 rings (SSSR count). The number of carbonyl (C=O) groups excluding carboxylic acids is 1. The largest absolute Gasteiger partial charge is 0.380 e. The van der Waals surface area contributed by atoms with Crippen LogP contribution in [0, 0.1) is 0 Å². The Morgan fingerprint density at radius 1 is 1.21 bits per heavy atom. The second kappa shape index (κ2) is 7.33. The molecule has 0 aliphatic carbocycles. The predicted molar refractivity (Wildman–Crippen MR) is 105 cm³/mol. The van der Waals surface area contributed by atoms with E-state index in [1.165, 1.54) is 23.5 Å². The van der Waals surface area contributed by atoms with Gasteiger partial charge in [0, 0.05) is 11.6 Å². The Kier molecular flexibility index (Phi) is 5.30. The van der Waals surface area contributed by atoms with E-state index in [9.17, 15) is 13.2 Å². The van der Waals surface area contributed by atoms with Crippen LogP contribution in [0.5, 0.6) is 0 Å². The van der Waals surface area contributed by atoms with E-state index >= 15 is 0 Å². The zero-order chi connectivity index (χ0) is 20.0. The maximum Gasteiger partial charge on any atom is 0.243 e. The molecule has 0 radical (unpaired) electrons. The van der Waals surface area contributed by atoms with Gasteiger partial charge in [0.2, 0.25) is 15.9 Å². The van der Waals surface area contributed by atoms with Gasteiger partial charge in [-0.05, 0) is 50.2 Å². The number of benzene rings is 1. The van der Waals surface area contributed by atoms with Crippen molar-refractivity contribution in [2.45, 2.75) is 29.1 Å². The molecule has 3 aliphatic rings. The number of sulfonamides is 1. The molecule has 1 N–H and O–H groups in total. The van der Waals surface area contributed by atoms with Gasteiger partial charge < -0.3 is 19.7 Å². The first-order valence-corrected chi connectivity index (χ1v) is 11.5. The summed E-state index contributed by atoms with van der Waals surface area (Å²) < 4.78 is 40.3. The van der Waals surface area contributed by atoms with Crippen LogP contribution in [0.4, 0.5) is 0 Å². The van der Waals surface area contributed by atoms with E-state index in [1.807, 2.05) is 0 Å². The zero-order valence-corrected chi connectivity index (χ0v) is 18.1. The highest BCUT2D eigenvalue weighted by atomic mass is 79.9. The van der Waals surface area contributed by atoms with Crippen molar-refractivity contribution in [3.63, 3.8) is 0 Å². The minimum atomic E-state index is -3.83. The summed E-state index contributed by atoms with van der Waals surface area (Å²) in [6.45, 7) is 2.09. The topological polar surface area (TPSA) is 88.2 Å². The lowest BCUT2D eigenvalue weighted by atomic mass is 9.92. The highest BCUT2D eigenvalue weighted by molar-refractivity contribution is 9.10. The summed E-state index contributed by atoms with van der Waals surface area (Å²) in [6, 6.07) is 6.41. The first-order valence-electron chi connectivity index (χ1n) is 9.26. The van der Waals surface area contributed by atoms with E-state index < -0.39 is 21.3 Å². The minimum Gasteiger partial charge on any atom is -0.380 e. The molecule has 1 atom stereocenters. The molecule has 154 valence electrons. The number of halogens is 1. The van der Waals surface area contributed by atoms with E-state index in [0.29, 0.717) is 6.54 Å². The molecular weight excluding hydrogens is 450 g/mol. The lowest BCUT2D eigenvalue weighted by Gasteiger charge is -2.44. The fourth-order valence-electron chi connectivity index (χ4n) is 4.37. The van der Waals surface area contributed by atoms with Crippen molar-refractivity contribution >= 4 is 31.9 Å². The molecule has 3 heterocycles. The van der Waals surface area contributed by atoms with Crippen molar-refractivity contribution in [2.24, 2.45) is 0 Å². The van der Waals surface area contributed by atoms with Crippen LogP contribution in [0.25, 0.3) is 0 Å². The number of rotatable bonds is 4. The van der Waals surface area contributed by atoms with E-state index in [0.717, 1.165) is 30.4 Å². The summed E-state index contributed by atoms with van der Waals surface area (Å²) in [7, 11) is -2.29. The molecule has 0 bridgehead atoms. The van der Waals surface area contributed by atoms with Crippen LogP contribution in [-0.4, -0.2) is 81.3 Å². The smallest absolute Gasteiger partial charge is 0.243 e. The van der Waals surface area contributed by atoms with E-state index in [1.54, 1.807) is 17.0 Å². The van der Waals surface area contributed by atoms with Crippen molar-refractivity contribution in [1.82, 2.24) is 14.5 Å². The monoisotopic (exact) mass is 473 g/mol. The molecule has 1 unspecified atom stereocenters. The summed E-state index contributed by atoms with van der Waals surface area (Å²) in [5.41, 5.74) is -1.54. The first kappa shape index (κ1) is 20.2. The number of methoxy groups -OCH3 is 1. The standard InChI is InChI=1S/C18H24BrN3O5S/c1-26-13-18-12-21(28(24,25)15-4-2-14(19)3-5-15)10-16(23)22(18)11-17(27-18)6-8-20-9-7-17/h2-5,20H,6-13H2,1H3. The van der Waals surface area contributed by atoms with Crippen LogP contribution >= 0.6 is 15.9 Å². The molecule has 1 amide bonds. The SMILES string of the molecule is COCC12CN(S(=O)(=O)c3ccc(Br)cc3)CC(=O)N1CC1(CCNCC1)O2. The summed E-state index contributed by atoms with van der Waals surface area (Å²) in [5, 5.41) is 3.31. The molecule has 1 aromatic carbocycles. The van der Waals surface area contributed by atoms with Gasteiger partial charge in [0.15, 0.2) is 5.72 Å². The second-order valence-corrected chi connectivity index (χ2v) is 10.5. The summed E-state index contributed by atoms with van der Waals surface area (Å²) in [5.74, 6) is -0.251. The highest BCUT2D eigenvalue weighted by Crippen LogP contribution is 2.43. The molecule has 1 aromatic rings. The van der Waals surface area contributed by atoms with Crippen LogP contribution in [-0.2, 0) is 24.3 Å². The molecule has 3 fully saturated rings. The third-order valence-corrected chi connectivity index (χ3v) is 8.05. The molecule has 3 aliphatic heterocycles. The van der Waals surface area contributed by atoms with Crippen molar-refractivity contribution in [1.29, 1.82) is 0 Å². The van der Waals surface area contributed by atoms with Gasteiger partial charge in [-0.2, -0.15) is 4.31 Å². The molecule has 0 saturated carbocycles. The maximum absolute atomic E-state index is 13.2. The number of fused-ring (bicyclic) bond motifs is 1. The van der Waals surface area contributed by atoms with Gasteiger partial charge in [0.25, 0.3) is 0 Å². The first-order chi connectivity index (χ1) is 13.3. The molecule has 0 aromatic heterocycles. The third-order valence-electron chi connectivity index (χ3n) is 5.72. The number of carbonyl (C=O) groups is 1. The van der Waals surface area contributed by atoms with Gasteiger partial charge in [-0.1, -0.05) is 15.9 Å². The Hall–Kier alpha value is -1.04. The summed E-state index contributed by atoms with van der Waals surface area (Å²) in [4.78, 5) is 14.8. The molecule has 3 saturated heterocycles. The third kappa shape index (κ3) is 3.40. The quantitative estimate of drug-likeness (QED) is 0.694. The lowest BCUT2D eigenvalue weighted by molar-refractivity contribution is -0.195. The normalized spacial score (nSPS) is 27.9. The molecular formula is C18H24BrN3O5S. The number of ether oxygens (including phenoxy) is 2. The number of hydrogen-bond donors (Lipinski definition) is 1. The van der Waals surface area contributed by atoms with E-state index in [-0.39, 0.29) is 30.5 Å². The Labute approximate surface area is 173 Å². The van der Waals surface area contributed by atoms with E-state index in [4.69, 9.17) is 9.47 Å². The number of amides is 1. The van der Waals surface area contributed by atoms with Gasteiger partial charge in [0.05, 0.1) is 36.7 Å². The van der Waals surface area contributed by atoms with Crippen molar-refractivity contribution in [3.8, 4) is 0 Å². The Morgan fingerprint density at radius 3 is 2.54 bits per heavy atom. The van der Waals surface area contributed by atoms with Gasteiger partial charge in [-0.25, -0.2) is 8.42 Å². The Balaban J connectivity index is 1.67. The van der Waals surface area contributed by atoms with Gasteiger partial charge in [0.1, 0.15) is 0 Å². The Morgan fingerprint density at radius 2 is 1.89 bits per heavy atom. The average Bonchev–Trinajstić information content (AvgIpc) is 2.97. The van der Waals surface area contributed by atoms with Crippen molar-refractivity contribution < 1.29 is 22.7 Å². The molecule has 8 nitrogen and oxygen atoms in total. The molecule has 28 heavy (non-hydrogen) atoms. The van der Waals surface area contributed by atoms with Crippen LogP contribution in [0.1, 0.15) is 12.8 Å². The molecule has 1 spiro atoms. The number of nitrogens with one attached hydrogen (secondary N) is 1. The predicted octanol–water partition coefficient (Wildman–Crippen LogP) is 0.777. The average molecular weight is 474 g/mol. The van der Waals surface area contributed by atoms with Crippen LogP contribution in [0.15, 0.2) is 33.6 Å². The minimum absolute atomic E-state index is 0.0557.